The molecule has 0 saturated heterocycles. The fourth-order valence-electron chi connectivity index (χ4n) is 1.63. The molecule has 0 spiro atoms. The number of aromatic nitrogens is 2. The average molecular weight is 298 g/mol. The molecule has 3 nitrogen and oxygen atoms in total. The van der Waals surface area contributed by atoms with Crippen molar-refractivity contribution in [3.63, 3.8) is 0 Å². The Balaban J connectivity index is 1.89. The number of nitrogens with one attached hydrogen (secondary N) is 1. The second-order valence-electron chi connectivity index (χ2n) is 3.90. The van der Waals surface area contributed by atoms with Crippen LogP contribution in [0.15, 0.2) is 35.1 Å². The molecule has 1 aromatic heterocycles. The van der Waals surface area contributed by atoms with E-state index in [-0.39, 0.29) is 5.82 Å². The van der Waals surface area contributed by atoms with Crippen LogP contribution >= 0.6 is 15.9 Å². The molecule has 0 radical (unpaired) electrons. The Bertz CT molecular complexity index is 490. The summed E-state index contributed by atoms with van der Waals surface area (Å²) in [5.74, 6) is -0.224. The van der Waals surface area contributed by atoms with Gasteiger partial charge in [0.05, 0.1) is 6.20 Å². The van der Waals surface area contributed by atoms with Gasteiger partial charge in [0.2, 0.25) is 0 Å². The Morgan fingerprint density at radius 3 is 2.71 bits per heavy atom. The smallest absolute Gasteiger partial charge is 0.124 e. The first-order valence-corrected chi connectivity index (χ1v) is 6.06. The molecule has 0 aliphatic carbocycles. The molecule has 0 atom stereocenters. The molecule has 90 valence electrons. The van der Waals surface area contributed by atoms with Crippen LogP contribution in [-0.4, -0.2) is 9.78 Å². The molecule has 1 heterocycles. The summed E-state index contributed by atoms with van der Waals surface area (Å²) in [4.78, 5) is 0. The molecule has 0 saturated carbocycles. The van der Waals surface area contributed by atoms with Gasteiger partial charge in [0.15, 0.2) is 0 Å². The zero-order chi connectivity index (χ0) is 12.3. The van der Waals surface area contributed by atoms with Gasteiger partial charge in [0.25, 0.3) is 0 Å². The van der Waals surface area contributed by atoms with Crippen LogP contribution in [0.5, 0.6) is 0 Å². The van der Waals surface area contributed by atoms with Crippen molar-refractivity contribution in [2.75, 3.05) is 0 Å². The van der Waals surface area contributed by atoms with Gasteiger partial charge < -0.3 is 5.32 Å². The maximum atomic E-state index is 13.1. The van der Waals surface area contributed by atoms with E-state index in [2.05, 4.69) is 26.3 Å². The number of halogens is 2. The van der Waals surface area contributed by atoms with E-state index in [9.17, 15) is 4.39 Å². The molecule has 0 aliphatic heterocycles. The number of hydrogen-bond acceptors (Lipinski definition) is 2. The normalized spacial score (nSPS) is 10.8. The minimum atomic E-state index is -0.224. The largest absolute Gasteiger partial charge is 0.309 e. The number of rotatable bonds is 4. The van der Waals surface area contributed by atoms with E-state index in [0.717, 1.165) is 22.1 Å². The first-order chi connectivity index (χ1) is 8.13. The Morgan fingerprint density at radius 2 is 2.06 bits per heavy atom. The van der Waals surface area contributed by atoms with Crippen LogP contribution < -0.4 is 5.32 Å². The lowest BCUT2D eigenvalue weighted by atomic mass is 10.2. The highest BCUT2D eigenvalue weighted by molar-refractivity contribution is 9.10. The SMILES string of the molecule is Cn1cc(CNCc2cc(F)cc(Br)c2)cn1. The van der Waals surface area contributed by atoms with E-state index in [1.165, 1.54) is 12.1 Å². The Labute approximate surface area is 108 Å². The zero-order valence-corrected chi connectivity index (χ0v) is 11.0. The third-order valence-corrected chi connectivity index (χ3v) is 2.80. The quantitative estimate of drug-likeness (QED) is 0.940. The van der Waals surface area contributed by atoms with Gasteiger partial charge in [-0.3, -0.25) is 4.68 Å². The Hall–Kier alpha value is -1.20. The molecular formula is C12H13BrFN3. The topological polar surface area (TPSA) is 29.9 Å². The van der Waals surface area contributed by atoms with Gasteiger partial charge in [-0.1, -0.05) is 15.9 Å². The highest BCUT2D eigenvalue weighted by Crippen LogP contribution is 2.14. The van der Waals surface area contributed by atoms with E-state index >= 15 is 0 Å². The molecule has 2 rings (SSSR count). The standard InChI is InChI=1S/C12H13BrFN3/c1-17-8-10(7-16-17)6-15-5-9-2-11(13)4-12(14)3-9/h2-4,7-8,15H,5-6H2,1H3. The molecule has 0 unspecified atom stereocenters. The molecule has 17 heavy (non-hydrogen) atoms. The molecule has 5 heteroatoms. The lowest BCUT2D eigenvalue weighted by Gasteiger charge is -2.04. The van der Waals surface area contributed by atoms with Crippen molar-refractivity contribution in [2.45, 2.75) is 13.1 Å². The van der Waals surface area contributed by atoms with Crippen molar-refractivity contribution >= 4 is 15.9 Å². The van der Waals surface area contributed by atoms with Crippen LogP contribution in [0.25, 0.3) is 0 Å². The van der Waals surface area contributed by atoms with Crippen LogP contribution in [0.4, 0.5) is 4.39 Å². The molecule has 0 fully saturated rings. The minimum Gasteiger partial charge on any atom is -0.309 e. The van der Waals surface area contributed by atoms with Crippen molar-refractivity contribution < 1.29 is 4.39 Å². The van der Waals surface area contributed by atoms with Gasteiger partial charge in [0.1, 0.15) is 5.82 Å². The van der Waals surface area contributed by atoms with Crippen molar-refractivity contribution in [2.24, 2.45) is 7.05 Å². The second kappa shape index (κ2) is 5.42. The van der Waals surface area contributed by atoms with E-state index in [1.54, 1.807) is 4.68 Å². The van der Waals surface area contributed by atoms with Crippen LogP contribution in [0.1, 0.15) is 11.1 Å². The number of hydrogen-bond donors (Lipinski definition) is 1. The highest BCUT2D eigenvalue weighted by atomic mass is 79.9. The fraction of sp³-hybridized carbons (Fsp3) is 0.250. The molecule has 0 aliphatic rings. The van der Waals surface area contributed by atoms with E-state index in [1.807, 2.05) is 25.5 Å². The predicted octanol–water partition coefficient (Wildman–Crippen LogP) is 2.61. The van der Waals surface area contributed by atoms with E-state index < -0.39 is 0 Å². The molecule has 1 aromatic carbocycles. The summed E-state index contributed by atoms with van der Waals surface area (Å²) in [5.41, 5.74) is 2.03. The summed E-state index contributed by atoms with van der Waals surface area (Å²) in [7, 11) is 1.88. The van der Waals surface area contributed by atoms with Crippen LogP contribution in [0.2, 0.25) is 0 Å². The Kier molecular flexibility index (Phi) is 3.91. The van der Waals surface area contributed by atoms with Crippen molar-refractivity contribution in [3.8, 4) is 0 Å². The second-order valence-corrected chi connectivity index (χ2v) is 4.82. The lowest BCUT2D eigenvalue weighted by Crippen LogP contribution is -2.12. The zero-order valence-electron chi connectivity index (χ0n) is 9.45. The third kappa shape index (κ3) is 3.64. The van der Waals surface area contributed by atoms with Gasteiger partial charge in [-0.15, -0.1) is 0 Å². The summed E-state index contributed by atoms with van der Waals surface area (Å²) in [6.07, 6.45) is 3.77. The van der Waals surface area contributed by atoms with Gasteiger partial charge in [-0.25, -0.2) is 4.39 Å². The van der Waals surface area contributed by atoms with Gasteiger partial charge >= 0.3 is 0 Å². The first-order valence-electron chi connectivity index (χ1n) is 5.27. The molecule has 1 N–H and O–H groups in total. The molecular weight excluding hydrogens is 285 g/mol. The van der Waals surface area contributed by atoms with Gasteiger partial charge in [0, 0.05) is 36.4 Å². The number of benzene rings is 1. The van der Waals surface area contributed by atoms with Crippen molar-refractivity contribution in [1.29, 1.82) is 0 Å². The summed E-state index contributed by atoms with van der Waals surface area (Å²) >= 11 is 3.27. The fourth-order valence-corrected chi connectivity index (χ4v) is 2.14. The van der Waals surface area contributed by atoms with Crippen LogP contribution in [0, 0.1) is 5.82 Å². The lowest BCUT2D eigenvalue weighted by molar-refractivity contribution is 0.619. The number of aryl methyl sites for hydroxylation is 1. The summed E-state index contributed by atoms with van der Waals surface area (Å²) in [5, 5.41) is 7.32. The highest BCUT2D eigenvalue weighted by Gasteiger charge is 2.00. The maximum Gasteiger partial charge on any atom is 0.124 e. The molecule has 0 amide bonds. The predicted molar refractivity (Wildman–Crippen MR) is 67.9 cm³/mol. The van der Waals surface area contributed by atoms with Crippen molar-refractivity contribution in [1.82, 2.24) is 15.1 Å². The summed E-state index contributed by atoms with van der Waals surface area (Å²) < 4.78 is 15.6. The van der Waals surface area contributed by atoms with Gasteiger partial charge in [-0.2, -0.15) is 5.10 Å². The summed E-state index contributed by atoms with van der Waals surface area (Å²) in [6.45, 7) is 1.35. The van der Waals surface area contributed by atoms with Crippen molar-refractivity contribution in [3.05, 3.63) is 52.0 Å². The monoisotopic (exact) mass is 297 g/mol. The summed E-state index contributed by atoms with van der Waals surface area (Å²) in [6, 6.07) is 4.88. The van der Waals surface area contributed by atoms with Crippen LogP contribution in [0.3, 0.4) is 0 Å². The first kappa shape index (κ1) is 12.3. The number of nitrogens with zero attached hydrogens (tertiary/aromatic N) is 2. The van der Waals surface area contributed by atoms with Crippen LogP contribution in [-0.2, 0) is 20.1 Å². The van der Waals surface area contributed by atoms with E-state index in [4.69, 9.17) is 0 Å². The maximum absolute atomic E-state index is 13.1. The molecule has 2 aromatic rings. The van der Waals surface area contributed by atoms with Gasteiger partial charge in [-0.05, 0) is 23.8 Å². The Morgan fingerprint density at radius 1 is 1.29 bits per heavy atom. The van der Waals surface area contributed by atoms with E-state index in [0.29, 0.717) is 6.54 Å². The third-order valence-electron chi connectivity index (χ3n) is 2.34. The minimum absolute atomic E-state index is 0.224. The molecule has 0 bridgehead atoms. The average Bonchev–Trinajstić information content (AvgIpc) is 2.63.